The Morgan fingerprint density at radius 2 is 1.10 bits per heavy atom. The van der Waals surface area contributed by atoms with E-state index < -0.39 is 24.4 Å². The molecule has 0 fully saturated rings. The van der Waals surface area contributed by atoms with Crippen LogP contribution in [-0.4, -0.2) is 23.9 Å². The second kappa shape index (κ2) is 25.9. The summed E-state index contributed by atoms with van der Waals surface area (Å²) in [5.74, 6) is -3.17. The topological polar surface area (TPSA) is 109 Å². The molecular formula is C21H37K2NO5. The number of carboxylic acids is 2. The van der Waals surface area contributed by atoms with Gasteiger partial charge in [-0.2, -0.15) is 0 Å². The minimum Gasteiger partial charge on any atom is -0.550 e. The number of aliphatic carboxylic acids is 2. The van der Waals surface area contributed by atoms with Gasteiger partial charge in [-0.1, -0.05) is 84.0 Å². The molecule has 0 bridgehead atoms. The number of rotatable bonds is 19. The van der Waals surface area contributed by atoms with E-state index in [0.29, 0.717) is 6.42 Å². The SMILES string of the molecule is CCCCCCCCCCCCCCCC(=O)N[C@@H](CCC(=O)[O-])C(=O)[O-].[K+].[K+]. The molecule has 0 aromatic heterocycles. The number of carboxylic acid groups (broad SMARTS) is 2. The van der Waals surface area contributed by atoms with Crippen LogP contribution in [0.3, 0.4) is 0 Å². The van der Waals surface area contributed by atoms with Crippen LogP contribution in [0.2, 0.25) is 0 Å². The number of hydrogen-bond acceptors (Lipinski definition) is 5. The number of amides is 1. The number of carbonyl (C=O) groups excluding carboxylic acids is 3. The molecule has 1 amide bonds. The van der Waals surface area contributed by atoms with Crippen molar-refractivity contribution >= 4 is 17.8 Å². The molecule has 0 saturated carbocycles. The van der Waals surface area contributed by atoms with Crippen LogP contribution in [0, 0.1) is 0 Å². The van der Waals surface area contributed by atoms with Crippen molar-refractivity contribution in [3.63, 3.8) is 0 Å². The van der Waals surface area contributed by atoms with Gasteiger partial charge in [0.2, 0.25) is 5.91 Å². The monoisotopic (exact) mass is 461 g/mol. The molecule has 0 aliphatic carbocycles. The zero-order valence-corrected chi connectivity index (χ0v) is 25.2. The maximum absolute atomic E-state index is 11.7. The predicted molar refractivity (Wildman–Crippen MR) is 101 cm³/mol. The van der Waals surface area contributed by atoms with Gasteiger partial charge >= 0.3 is 103 Å². The summed E-state index contributed by atoms with van der Waals surface area (Å²) in [5, 5.41) is 23.6. The Bertz CT molecular complexity index is 422. The second-order valence-corrected chi connectivity index (χ2v) is 7.34. The van der Waals surface area contributed by atoms with Crippen molar-refractivity contribution in [3.8, 4) is 0 Å². The first-order chi connectivity index (χ1) is 13.0. The van der Waals surface area contributed by atoms with Gasteiger partial charge in [0.25, 0.3) is 0 Å². The maximum atomic E-state index is 11.7. The van der Waals surface area contributed by atoms with Gasteiger partial charge in [-0.25, -0.2) is 0 Å². The molecular weight excluding hydrogens is 424 g/mol. The van der Waals surface area contributed by atoms with Gasteiger partial charge in [0.15, 0.2) is 0 Å². The van der Waals surface area contributed by atoms with E-state index in [-0.39, 0.29) is 122 Å². The smallest absolute Gasteiger partial charge is 0.550 e. The molecule has 1 atom stereocenters. The van der Waals surface area contributed by atoms with E-state index in [9.17, 15) is 24.6 Å². The molecule has 6 nitrogen and oxygen atoms in total. The van der Waals surface area contributed by atoms with Crippen molar-refractivity contribution in [3.05, 3.63) is 0 Å². The van der Waals surface area contributed by atoms with Crippen molar-refractivity contribution in [2.75, 3.05) is 0 Å². The molecule has 0 spiro atoms. The predicted octanol–water partition coefficient (Wildman–Crippen LogP) is -3.76. The third kappa shape index (κ3) is 25.8. The Balaban J connectivity index is -0.00000338. The fourth-order valence-corrected chi connectivity index (χ4v) is 3.08. The minimum absolute atomic E-state index is 0. The van der Waals surface area contributed by atoms with E-state index in [2.05, 4.69) is 12.2 Å². The number of unbranched alkanes of at least 4 members (excludes halogenated alkanes) is 12. The van der Waals surface area contributed by atoms with Crippen LogP contribution in [0.5, 0.6) is 0 Å². The van der Waals surface area contributed by atoms with Gasteiger partial charge < -0.3 is 25.1 Å². The Labute approximate surface area is 262 Å². The summed E-state index contributed by atoms with van der Waals surface area (Å²) < 4.78 is 0. The van der Waals surface area contributed by atoms with Crippen LogP contribution in [0.4, 0.5) is 0 Å². The van der Waals surface area contributed by atoms with Crippen molar-refractivity contribution in [1.29, 1.82) is 0 Å². The molecule has 0 saturated heterocycles. The van der Waals surface area contributed by atoms with E-state index in [4.69, 9.17) is 0 Å². The number of hydrogen-bond donors (Lipinski definition) is 1. The van der Waals surface area contributed by atoms with Crippen LogP contribution in [0.25, 0.3) is 0 Å². The molecule has 29 heavy (non-hydrogen) atoms. The second-order valence-electron chi connectivity index (χ2n) is 7.34. The fraction of sp³-hybridized carbons (Fsp3) is 0.857. The summed E-state index contributed by atoms with van der Waals surface area (Å²) in [6.45, 7) is 2.23. The summed E-state index contributed by atoms with van der Waals surface area (Å²) in [6.07, 6.45) is 15.4. The van der Waals surface area contributed by atoms with E-state index in [0.717, 1.165) is 12.8 Å². The van der Waals surface area contributed by atoms with Crippen LogP contribution in [0.15, 0.2) is 0 Å². The van der Waals surface area contributed by atoms with Crippen molar-refractivity contribution in [2.24, 2.45) is 0 Å². The van der Waals surface area contributed by atoms with Gasteiger partial charge in [0.1, 0.15) is 0 Å². The maximum Gasteiger partial charge on any atom is 1.00 e. The third-order valence-corrected chi connectivity index (χ3v) is 4.76. The molecule has 0 radical (unpaired) electrons. The van der Waals surface area contributed by atoms with Crippen LogP contribution < -0.4 is 118 Å². The van der Waals surface area contributed by atoms with Crippen LogP contribution in [0.1, 0.15) is 110 Å². The standard InChI is InChI=1S/C21H39NO5.2K/c1-2-3-4-5-6-7-8-9-10-11-12-13-14-15-19(23)22-18(21(26)27)16-17-20(24)25;;/h18H,2-17H2,1H3,(H,22,23)(H,24,25)(H,26,27);;/q;2*+1/p-2/t18-;;/m0../s1. The number of carbonyl (C=O) groups is 3. The van der Waals surface area contributed by atoms with Crippen molar-refractivity contribution in [1.82, 2.24) is 5.32 Å². The quantitative estimate of drug-likeness (QED) is 0.157. The Hall–Kier alpha value is 1.68. The average Bonchev–Trinajstić information content (AvgIpc) is 2.62. The van der Waals surface area contributed by atoms with Crippen molar-refractivity contribution in [2.45, 2.75) is 116 Å². The van der Waals surface area contributed by atoms with Gasteiger partial charge in [0.05, 0.1) is 12.0 Å². The summed E-state index contributed by atoms with van der Waals surface area (Å²) >= 11 is 0. The fourth-order valence-electron chi connectivity index (χ4n) is 3.08. The van der Waals surface area contributed by atoms with Gasteiger partial charge in [-0.05, 0) is 19.3 Å². The summed E-state index contributed by atoms with van der Waals surface area (Å²) in [6, 6.07) is -1.27. The molecule has 0 unspecified atom stereocenters. The Morgan fingerprint density at radius 3 is 1.48 bits per heavy atom. The van der Waals surface area contributed by atoms with Crippen LogP contribution in [-0.2, 0) is 14.4 Å². The van der Waals surface area contributed by atoms with Gasteiger partial charge in [-0.3, -0.25) is 4.79 Å². The average molecular weight is 462 g/mol. The van der Waals surface area contributed by atoms with Gasteiger partial charge in [-0.15, -0.1) is 0 Å². The Kier molecular flexibility index (Phi) is 31.6. The van der Waals surface area contributed by atoms with Crippen LogP contribution >= 0.6 is 0 Å². The Morgan fingerprint density at radius 1 is 0.690 bits per heavy atom. The first-order valence-electron chi connectivity index (χ1n) is 10.7. The summed E-state index contributed by atoms with van der Waals surface area (Å²) in [4.78, 5) is 33.0. The minimum atomic E-state index is -1.46. The van der Waals surface area contributed by atoms with Gasteiger partial charge in [0, 0.05) is 12.4 Å². The van der Waals surface area contributed by atoms with E-state index in [1.807, 2.05) is 0 Å². The summed E-state index contributed by atoms with van der Waals surface area (Å²) in [7, 11) is 0. The molecule has 1 N–H and O–H groups in total. The normalized spacial score (nSPS) is 11.1. The molecule has 8 heteroatoms. The van der Waals surface area contributed by atoms with E-state index in [1.165, 1.54) is 64.2 Å². The molecule has 0 aromatic rings. The first kappa shape index (κ1) is 35.3. The van der Waals surface area contributed by atoms with E-state index >= 15 is 0 Å². The molecule has 0 heterocycles. The third-order valence-electron chi connectivity index (χ3n) is 4.76. The number of nitrogens with one attached hydrogen (secondary N) is 1. The largest absolute Gasteiger partial charge is 1.00 e. The first-order valence-corrected chi connectivity index (χ1v) is 10.7. The molecule has 0 aliphatic rings. The molecule has 158 valence electrons. The summed E-state index contributed by atoms with van der Waals surface area (Å²) in [5.41, 5.74) is 0. The van der Waals surface area contributed by atoms with Crippen molar-refractivity contribution < 1.29 is 127 Å². The van der Waals surface area contributed by atoms with E-state index in [1.54, 1.807) is 0 Å². The molecule has 0 aromatic carbocycles. The molecule has 0 rings (SSSR count). The zero-order valence-electron chi connectivity index (χ0n) is 18.9. The molecule has 0 aliphatic heterocycles. The zero-order chi connectivity index (χ0) is 20.3.